The van der Waals surface area contributed by atoms with Gasteiger partial charge in [0.15, 0.2) is 0 Å². The number of nitrogens with zero attached hydrogens (tertiary/aromatic N) is 1. The molecule has 0 radical (unpaired) electrons. The molecule has 1 saturated heterocycles. The van der Waals surface area contributed by atoms with Gasteiger partial charge >= 0.3 is 0 Å². The first-order chi connectivity index (χ1) is 10.1. The summed E-state index contributed by atoms with van der Waals surface area (Å²) in [5, 5.41) is 16.9. The van der Waals surface area contributed by atoms with Crippen LogP contribution in [0.25, 0.3) is 0 Å². The molecule has 1 aromatic rings. The van der Waals surface area contributed by atoms with Crippen molar-refractivity contribution in [3.05, 3.63) is 33.3 Å². The molecule has 0 unspecified atom stereocenters. The lowest BCUT2D eigenvalue weighted by atomic mass is 10.1. The molecule has 0 saturated carbocycles. The fourth-order valence-corrected chi connectivity index (χ4v) is 2.28. The molecule has 0 bridgehead atoms. The van der Waals surface area contributed by atoms with Gasteiger partial charge in [0.1, 0.15) is 12.3 Å². The fourth-order valence-electron chi connectivity index (χ4n) is 2.11. The highest BCUT2D eigenvalue weighted by atomic mass is 35.5. The van der Waals surface area contributed by atoms with Gasteiger partial charge in [0.25, 0.3) is 11.6 Å². The van der Waals surface area contributed by atoms with Gasteiger partial charge in [-0.05, 0) is 38.1 Å². The van der Waals surface area contributed by atoms with Crippen LogP contribution < -0.4 is 10.6 Å². The summed E-state index contributed by atoms with van der Waals surface area (Å²) in [5.74, 6) is -0.432. The van der Waals surface area contributed by atoms with Crippen LogP contribution >= 0.6 is 11.6 Å². The summed E-state index contributed by atoms with van der Waals surface area (Å²) in [7, 11) is 0. The number of piperidine rings is 1. The van der Waals surface area contributed by atoms with Crippen molar-refractivity contribution in [2.45, 2.75) is 18.9 Å². The molecule has 1 heterocycles. The molecule has 21 heavy (non-hydrogen) atoms. The molecule has 7 nitrogen and oxygen atoms in total. The third-order valence-corrected chi connectivity index (χ3v) is 3.40. The Hall–Kier alpha value is -1.70. The second kappa shape index (κ2) is 7.35. The molecule has 0 atom stereocenters. The summed E-state index contributed by atoms with van der Waals surface area (Å²) < 4.78 is 5.49. The quantitative estimate of drug-likeness (QED) is 0.640. The maximum atomic E-state index is 11.8. The molecular weight excluding hydrogens is 298 g/mol. The Kier molecular flexibility index (Phi) is 5.49. The zero-order valence-electron chi connectivity index (χ0n) is 11.3. The molecule has 1 fully saturated rings. The number of nitrogens with one attached hydrogen (secondary N) is 2. The van der Waals surface area contributed by atoms with Crippen molar-refractivity contribution in [3.8, 4) is 0 Å². The van der Waals surface area contributed by atoms with Crippen LogP contribution in [0, 0.1) is 10.1 Å². The van der Waals surface area contributed by atoms with E-state index in [4.69, 9.17) is 16.3 Å². The highest BCUT2D eigenvalue weighted by Gasteiger charge is 2.18. The molecule has 114 valence electrons. The van der Waals surface area contributed by atoms with E-state index in [1.165, 1.54) is 18.2 Å². The van der Waals surface area contributed by atoms with Gasteiger partial charge in [0, 0.05) is 11.1 Å². The molecule has 1 aromatic carbocycles. The summed E-state index contributed by atoms with van der Waals surface area (Å²) in [6.45, 7) is 1.60. The van der Waals surface area contributed by atoms with E-state index in [2.05, 4.69) is 10.6 Å². The second-order valence-electron chi connectivity index (χ2n) is 4.73. The van der Waals surface area contributed by atoms with E-state index in [0.717, 1.165) is 25.9 Å². The molecular formula is C13H16ClN3O4. The van der Waals surface area contributed by atoms with Crippen LogP contribution in [-0.2, 0) is 9.53 Å². The SMILES string of the molecule is O=C(COC1CCNCC1)Nc1cc(Cl)ccc1[N+](=O)[O-]. The molecule has 0 aromatic heterocycles. The first-order valence-electron chi connectivity index (χ1n) is 6.62. The lowest BCUT2D eigenvalue weighted by Crippen LogP contribution is -2.34. The smallest absolute Gasteiger partial charge is 0.292 e. The van der Waals surface area contributed by atoms with Crippen molar-refractivity contribution in [2.24, 2.45) is 0 Å². The van der Waals surface area contributed by atoms with E-state index < -0.39 is 10.8 Å². The van der Waals surface area contributed by atoms with E-state index in [0.29, 0.717) is 5.02 Å². The number of halogens is 1. The summed E-state index contributed by atoms with van der Waals surface area (Å²) in [6, 6.07) is 4.01. The van der Waals surface area contributed by atoms with Crippen molar-refractivity contribution in [3.63, 3.8) is 0 Å². The van der Waals surface area contributed by atoms with E-state index in [-0.39, 0.29) is 24.1 Å². The number of amides is 1. The van der Waals surface area contributed by atoms with E-state index in [1.807, 2.05) is 0 Å². The number of carbonyl (C=O) groups is 1. The third kappa shape index (κ3) is 4.66. The molecule has 1 aliphatic heterocycles. The number of anilines is 1. The summed E-state index contributed by atoms with van der Waals surface area (Å²) in [4.78, 5) is 22.1. The maximum Gasteiger partial charge on any atom is 0.292 e. The van der Waals surface area contributed by atoms with Gasteiger partial charge in [-0.15, -0.1) is 0 Å². The van der Waals surface area contributed by atoms with Crippen LogP contribution in [0.3, 0.4) is 0 Å². The number of nitro groups is 1. The lowest BCUT2D eigenvalue weighted by molar-refractivity contribution is -0.383. The van der Waals surface area contributed by atoms with E-state index in [1.54, 1.807) is 0 Å². The maximum absolute atomic E-state index is 11.8. The molecule has 0 aliphatic carbocycles. The van der Waals surface area contributed by atoms with E-state index >= 15 is 0 Å². The molecule has 2 rings (SSSR count). The predicted molar refractivity (Wildman–Crippen MR) is 78.6 cm³/mol. The number of carbonyl (C=O) groups excluding carboxylic acids is 1. The lowest BCUT2D eigenvalue weighted by Gasteiger charge is -2.22. The van der Waals surface area contributed by atoms with Crippen molar-refractivity contribution in [2.75, 3.05) is 25.0 Å². The average molecular weight is 314 g/mol. The second-order valence-corrected chi connectivity index (χ2v) is 5.16. The Balaban J connectivity index is 1.92. The molecule has 1 amide bonds. The Labute approximate surface area is 126 Å². The third-order valence-electron chi connectivity index (χ3n) is 3.17. The Morgan fingerprint density at radius 2 is 2.19 bits per heavy atom. The Bertz CT molecular complexity index is 532. The number of benzene rings is 1. The van der Waals surface area contributed by atoms with Gasteiger partial charge in [0.2, 0.25) is 0 Å². The zero-order valence-corrected chi connectivity index (χ0v) is 12.1. The number of rotatable bonds is 5. The van der Waals surface area contributed by atoms with Crippen LogP contribution in [0.5, 0.6) is 0 Å². The van der Waals surface area contributed by atoms with Crippen molar-refractivity contribution in [1.82, 2.24) is 5.32 Å². The highest BCUT2D eigenvalue weighted by Crippen LogP contribution is 2.27. The fraction of sp³-hybridized carbons (Fsp3) is 0.462. The largest absolute Gasteiger partial charge is 0.368 e. The minimum atomic E-state index is -0.570. The average Bonchev–Trinajstić information content (AvgIpc) is 2.46. The molecule has 1 aliphatic rings. The first kappa shape index (κ1) is 15.7. The summed E-state index contributed by atoms with van der Waals surface area (Å²) >= 11 is 5.79. The monoisotopic (exact) mass is 313 g/mol. The minimum Gasteiger partial charge on any atom is -0.368 e. The number of ether oxygens (including phenoxy) is 1. The number of hydrogen-bond donors (Lipinski definition) is 2. The number of nitro benzene ring substituents is 1. The van der Waals surface area contributed by atoms with Gasteiger partial charge in [-0.1, -0.05) is 11.6 Å². The van der Waals surface area contributed by atoms with Crippen LogP contribution in [0.15, 0.2) is 18.2 Å². The highest BCUT2D eigenvalue weighted by molar-refractivity contribution is 6.31. The number of hydrogen-bond acceptors (Lipinski definition) is 5. The van der Waals surface area contributed by atoms with Crippen LogP contribution in [-0.4, -0.2) is 36.6 Å². The molecule has 2 N–H and O–H groups in total. The standard InChI is InChI=1S/C13H16ClN3O4/c14-9-1-2-12(17(19)20)11(7-9)16-13(18)8-21-10-3-5-15-6-4-10/h1-2,7,10,15H,3-6,8H2,(H,16,18). The minimum absolute atomic E-state index is 0.0475. The Morgan fingerprint density at radius 3 is 2.86 bits per heavy atom. The summed E-state index contributed by atoms with van der Waals surface area (Å²) in [5.41, 5.74) is -0.124. The van der Waals surface area contributed by atoms with Gasteiger partial charge in [-0.3, -0.25) is 14.9 Å². The van der Waals surface area contributed by atoms with Gasteiger partial charge in [-0.25, -0.2) is 0 Å². The van der Waals surface area contributed by atoms with Crippen LogP contribution in [0.4, 0.5) is 11.4 Å². The normalized spacial score (nSPS) is 15.7. The van der Waals surface area contributed by atoms with Crippen molar-refractivity contribution < 1.29 is 14.5 Å². The topological polar surface area (TPSA) is 93.5 Å². The zero-order chi connectivity index (χ0) is 15.2. The van der Waals surface area contributed by atoms with Crippen molar-refractivity contribution in [1.29, 1.82) is 0 Å². The van der Waals surface area contributed by atoms with E-state index in [9.17, 15) is 14.9 Å². The first-order valence-corrected chi connectivity index (χ1v) is 7.00. The Morgan fingerprint density at radius 1 is 1.48 bits per heavy atom. The van der Waals surface area contributed by atoms with Gasteiger partial charge in [0.05, 0.1) is 11.0 Å². The molecule has 0 spiro atoms. The summed E-state index contributed by atoms with van der Waals surface area (Å²) in [6.07, 6.45) is 1.75. The van der Waals surface area contributed by atoms with Gasteiger partial charge in [-0.2, -0.15) is 0 Å². The predicted octanol–water partition coefficient (Wildman–Crippen LogP) is 1.96. The molecule has 8 heteroatoms. The van der Waals surface area contributed by atoms with Crippen LogP contribution in [0.1, 0.15) is 12.8 Å². The van der Waals surface area contributed by atoms with Crippen molar-refractivity contribution >= 4 is 28.9 Å². The van der Waals surface area contributed by atoms with Gasteiger partial charge < -0.3 is 15.4 Å². The van der Waals surface area contributed by atoms with Crippen LogP contribution in [0.2, 0.25) is 5.02 Å².